The number of halogens is 1. The van der Waals surface area contributed by atoms with Crippen LogP contribution in [-0.2, 0) is 6.54 Å². The second-order valence-corrected chi connectivity index (χ2v) is 5.65. The fourth-order valence-corrected chi connectivity index (χ4v) is 2.68. The number of ether oxygens (including phenoxy) is 1. The van der Waals surface area contributed by atoms with Gasteiger partial charge in [0.2, 0.25) is 11.8 Å². The summed E-state index contributed by atoms with van der Waals surface area (Å²) in [7, 11) is 1.54. The van der Waals surface area contributed by atoms with Crippen molar-refractivity contribution in [2.75, 3.05) is 7.11 Å². The van der Waals surface area contributed by atoms with E-state index in [-0.39, 0.29) is 0 Å². The number of nitrogens with zero attached hydrogens (tertiary/aromatic N) is 6. The van der Waals surface area contributed by atoms with Crippen LogP contribution in [-0.4, -0.2) is 36.6 Å². The summed E-state index contributed by atoms with van der Waals surface area (Å²) in [6.45, 7) is 0.371. The molecule has 0 aliphatic rings. The second-order valence-electron chi connectivity index (χ2n) is 5.65. The van der Waals surface area contributed by atoms with E-state index in [4.69, 9.17) is 4.74 Å². The van der Waals surface area contributed by atoms with Crippen molar-refractivity contribution in [2.24, 2.45) is 0 Å². The van der Waals surface area contributed by atoms with E-state index in [0.29, 0.717) is 41.0 Å². The van der Waals surface area contributed by atoms with Crippen LogP contribution in [0.25, 0.3) is 22.9 Å². The van der Waals surface area contributed by atoms with E-state index in [1.165, 1.54) is 13.2 Å². The van der Waals surface area contributed by atoms with Gasteiger partial charge in [-0.15, -0.1) is 0 Å². The Morgan fingerprint density at radius 2 is 1.85 bits per heavy atom. The Morgan fingerprint density at radius 3 is 2.63 bits per heavy atom. The minimum atomic E-state index is -0.555. The Hall–Kier alpha value is -3.68. The highest BCUT2D eigenvalue weighted by molar-refractivity contribution is 5.58. The molecule has 0 unspecified atom stereocenters. The molecule has 7 nitrogen and oxygen atoms in total. The normalized spacial score (nSPS) is 10.7. The van der Waals surface area contributed by atoms with Crippen LogP contribution in [0.5, 0.6) is 5.88 Å². The third kappa shape index (κ3) is 3.50. The van der Waals surface area contributed by atoms with Crippen molar-refractivity contribution in [1.82, 2.24) is 29.5 Å². The first-order chi connectivity index (χ1) is 13.2. The SMILES string of the molecule is COc1cnc(Cn2ccnc2-c2cccc(F)n2)c(-c2ccccn2)n1. The highest BCUT2D eigenvalue weighted by Gasteiger charge is 2.15. The van der Waals surface area contributed by atoms with Crippen molar-refractivity contribution in [3.05, 3.63) is 72.8 Å². The summed E-state index contributed by atoms with van der Waals surface area (Å²) in [5.41, 5.74) is 2.43. The molecule has 27 heavy (non-hydrogen) atoms. The fourth-order valence-electron chi connectivity index (χ4n) is 2.68. The first-order valence-corrected chi connectivity index (χ1v) is 8.20. The lowest BCUT2D eigenvalue weighted by molar-refractivity contribution is 0.395. The topological polar surface area (TPSA) is 78.6 Å². The number of methoxy groups -OCH3 is 1. The Balaban J connectivity index is 1.75. The molecule has 0 saturated carbocycles. The average Bonchev–Trinajstić information content (AvgIpc) is 3.17. The van der Waals surface area contributed by atoms with Gasteiger partial charge in [-0.05, 0) is 24.3 Å². The third-order valence-corrected chi connectivity index (χ3v) is 3.92. The van der Waals surface area contributed by atoms with E-state index in [1.54, 1.807) is 36.9 Å². The molecule has 0 amide bonds. The van der Waals surface area contributed by atoms with Crippen molar-refractivity contribution in [1.29, 1.82) is 0 Å². The van der Waals surface area contributed by atoms with E-state index in [9.17, 15) is 4.39 Å². The van der Waals surface area contributed by atoms with Crippen molar-refractivity contribution < 1.29 is 9.13 Å². The van der Waals surface area contributed by atoms with E-state index < -0.39 is 5.95 Å². The molecule has 0 N–H and O–H groups in total. The lowest BCUT2D eigenvalue weighted by Gasteiger charge is -2.11. The first-order valence-electron chi connectivity index (χ1n) is 8.20. The summed E-state index contributed by atoms with van der Waals surface area (Å²) >= 11 is 0. The molecular weight excluding hydrogens is 347 g/mol. The van der Waals surface area contributed by atoms with Gasteiger partial charge in [-0.1, -0.05) is 12.1 Å². The summed E-state index contributed by atoms with van der Waals surface area (Å²) in [5.74, 6) is 0.386. The molecule has 0 fully saturated rings. The second kappa shape index (κ2) is 7.28. The van der Waals surface area contributed by atoms with Crippen LogP contribution in [0, 0.1) is 5.95 Å². The largest absolute Gasteiger partial charge is 0.480 e. The number of imidazole rings is 1. The molecule has 0 aromatic carbocycles. The van der Waals surface area contributed by atoms with Gasteiger partial charge in [-0.3, -0.25) is 9.97 Å². The van der Waals surface area contributed by atoms with Crippen molar-refractivity contribution in [3.63, 3.8) is 0 Å². The van der Waals surface area contributed by atoms with Gasteiger partial charge in [-0.25, -0.2) is 15.0 Å². The number of rotatable bonds is 5. The maximum atomic E-state index is 13.5. The lowest BCUT2D eigenvalue weighted by atomic mass is 10.2. The zero-order valence-electron chi connectivity index (χ0n) is 14.5. The number of aromatic nitrogens is 6. The minimum absolute atomic E-state index is 0.371. The summed E-state index contributed by atoms with van der Waals surface area (Å²) in [4.78, 5) is 21.6. The molecule has 0 aliphatic carbocycles. The molecule has 4 aromatic rings. The summed E-state index contributed by atoms with van der Waals surface area (Å²) in [5, 5.41) is 0. The van der Waals surface area contributed by atoms with Gasteiger partial charge in [0.1, 0.15) is 11.4 Å². The molecule has 4 rings (SSSR count). The third-order valence-electron chi connectivity index (χ3n) is 3.92. The Kier molecular flexibility index (Phi) is 4.52. The van der Waals surface area contributed by atoms with Gasteiger partial charge >= 0.3 is 0 Å². The number of hydrogen-bond donors (Lipinski definition) is 0. The molecule has 0 atom stereocenters. The predicted molar refractivity (Wildman–Crippen MR) is 96.3 cm³/mol. The van der Waals surface area contributed by atoms with E-state index >= 15 is 0 Å². The molecular formula is C19H15FN6O. The number of pyridine rings is 2. The predicted octanol–water partition coefficient (Wildman–Crippen LogP) is 2.99. The van der Waals surface area contributed by atoms with Gasteiger partial charge in [-0.2, -0.15) is 4.39 Å². The van der Waals surface area contributed by atoms with E-state index in [0.717, 1.165) is 0 Å². The van der Waals surface area contributed by atoms with Crippen molar-refractivity contribution in [2.45, 2.75) is 6.54 Å². The Labute approximate surface area is 154 Å². The molecule has 0 saturated heterocycles. The molecule has 4 aromatic heterocycles. The highest BCUT2D eigenvalue weighted by Crippen LogP contribution is 2.23. The molecule has 134 valence electrons. The van der Waals surface area contributed by atoms with Crippen LogP contribution in [0.4, 0.5) is 4.39 Å². The van der Waals surface area contributed by atoms with Crippen molar-refractivity contribution >= 4 is 0 Å². The molecule has 0 aliphatic heterocycles. The first kappa shape index (κ1) is 16.8. The molecule has 4 heterocycles. The summed E-state index contributed by atoms with van der Waals surface area (Å²) in [6.07, 6.45) is 6.67. The monoisotopic (exact) mass is 362 g/mol. The van der Waals surface area contributed by atoms with Gasteiger partial charge < -0.3 is 9.30 Å². The van der Waals surface area contributed by atoms with Gasteiger partial charge in [0.25, 0.3) is 0 Å². The highest BCUT2D eigenvalue weighted by atomic mass is 19.1. The minimum Gasteiger partial charge on any atom is -0.480 e. The smallest absolute Gasteiger partial charge is 0.232 e. The Bertz CT molecular complexity index is 1070. The van der Waals surface area contributed by atoms with Gasteiger partial charge in [0.15, 0.2) is 5.82 Å². The van der Waals surface area contributed by atoms with Crippen LogP contribution in [0.15, 0.2) is 61.2 Å². The van der Waals surface area contributed by atoms with Crippen LogP contribution in [0.2, 0.25) is 0 Å². The average molecular weight is 362 g/mol. The zero-order chi connectivity index (χ0) is 18.6. The van der Waals surface area contributed by atoms with E-state index in [2.05, 4.69) is 24.9 Å². The Morgan fingerprint density at radius 1 is 0.963 bits per heavy atom. The van der Waals surface area contributed by atoms with Gasteiger partial charge in [0.05, 0.1) is 31.2 Å². The van der Waals surface area contributed by atoms with E-state index in [1.807, 2.05) is 22.8 Å². The van der Waals surface area contributed by atoms with Crippen LogP contribution < -0.4 is 4.74 Å². The quantitative estimate of drug-likeness (QED) is 0.508. The maximum Gasteiger partial charge on any atom is 0.232 e. The summed E-state index contributed by atoms with van der Waals surface area (Å²) in [6, 6.07) is 10.2. The fraction of sp³-hybridized carbons (Fsp3) is 0.105. The molecule has 8 heteroatoms. The van der Waals surface area contributed by atoms with Crippen molar-refractivity contribution in [3.8, 4) is 28.8 Å². The maximum absolute atomic E-state index is 13.5. The van der Waals surface area contributed by atoms with Gasteiger partial charge in [0, 0.05) is 18.6 Å². The number of hydrogen-bond acceptors (Lipinski definition) is 6. The zero-order valence-corrected chi connectivity index (χ0v) is 14.5. The standard InChI is InChI=1S/C19H15FN6O/c1-27-17-11-23-15(18(25-17)13-5-2-3-8-21-13)12-26-10-9-22-19(26)14-6-4-7-16(20)24-14/h2-11H,12H2,1H3. The molecule has 0 spiro atoms. The van der Waals surface area contributed by atoms with Crippen LogP contribution in [0.3, 0.4) is 0 Å². The summed E-state index contributed by atoms with van der Waals surface area (Å²) < 4.78 is 20.5. The van der Waals surface area contributed by atoms with Crippen LogP contribution in [0.1, 0.15) is 5.69 Å². The van der Waals surface area contributed by atoms with Crippen LogP contribution >= 0.6 is 0 Å². The molecule has 0 bridgehead atoms. The molecule has 0 radical (unpaired) electrons. The lowest BCUT2D eigenvalue weighted by Crippen LogP contribution is -2.08.